The largest absolute Gasteiger partial charge is 0.394 e. The Labute approximate surface area is 165 Å². The minimum absolute atomic E-state index is 0.113. The van der Waals surface area contributed by atoms with Gasteiger partial charge in [-0.15, -0.1) is 0 Å². The molecule has 7 heteroatoms. The standard InChI is InChI=1S/C21H30FN3O3/c1-12-13(2)19(23-18-15(10-26)24(4)20(27)17(12)18)25-8-5-16(14(22)9-25)28-11-21(3)6-7-21/h14-16,26H,5-11H2,1-4H3/t14-,15-,16+/m0/s1. The molecule has 3 heterocycles. The van der Waals surface area contributed by atoms with Crippen molar-refractivity contribution in [3.05, 3.63) is 22.4 Å². The molecule has 154 valence electrons. The zero-order valence-corrected chi connectivity index (χ0v) is 17.2. The van der Waals surface area contributed by atoms with E-state index >= 15 is 0 Å². The molecule has 3 atom stereocenters. The van der Waals surface area contributed by atoms with Gasteiger partial charge >= 0.3 is 0 Å². The molecular weight excluding hydrogens is 361 g/mol. The van der Waals surface area contributed by atoms with Gasteiger partial charge in [-0.1, -0.05) is 6.92 Å². The summed E-state index contributed by atoms with van der Waals surface area (Å²) in [7, 11) is 1.68. The van der Waals surface area contributed by atoms with E-state index in [0.717, 1.165) is 11.1 Å². The van der Waals surface area contributed by atoms with Crippen molar-refractivity contribution in [1.82, 2.24) is 9.88 Å². The maximum Gasteiger partial charge on any atom is 0.256 e. The lowest BCUT2D eigenvalue weighted by atomic mass is 9.99. The number of halogens is 1. The number of amides is 1. The number of piperidine rings is 1. The molecule has 1 saturated carbocycles. The molecule has 0 aromatic carbocycles. The van der Waals surface area contributed by atoms with Crippen LogP contribution in [0.25, 0.3) is 0 Å². The number of aromatic nitrogens is 1. The number of likely N-dealkylation sites (N-methyl/N-ethyl adjacent to an activating group) is 1. The third-order valence-corrected chi connectivity index (χ3v) is 6.78. The van der Waals surface area contributed by atoms with Gasteiger partial charge in [0.05, 0.1) is 43.2 Å². The summed E-state index contributed by atoms with van der Waals surface area (Å²) in [6.07, 6.45) is 1.53. The number of carbonyl (C=O) groups is 1. The van der Waals surface area contributed by atoms with Crippen molar-refractivity contribution < 1.29 is 19.0 Å². The molecule has 0 unspecified atom stereocenters. The molecule has 2 fully saturated rings. The Balaban J connectivity index is 1.55. The first-order valence-corrected chi connectivity index (χ1v) is 10.2. The minimum Gasteiger partial charge on any atom is -0.394 e. The Morgan fingerprint density at radius 2 is 2.04 bits per heavy atom. The van der Waals surface area contributed by atoms with Crippen LogP contribution in [0.15, 0.2) is 0 Å². The molecule has 1 N–H and O–H groups in total. The van der Waals surface area contributed by atoms with Crippen molar-refractivity contribution in [2.45, 2.75) is 58.4 Å². The highest BCUT2D eigenvalue weighted by atomic mass is 19.1. The number of anilines is 1. The van der Waals surface area contributed by atoms with Crippen molar-refractivity contribution in [1.29, 1.82) is 0 Å². The molecule has 0 spiro atoms. The SMILES string of the molecule is Cc1c(N2CC[C@@H](OCC3(C)CC3)[C@@H](F)C2)nc2c(c1C)C(=O)N(C)[C@H]2CO. The fourth-order valence-corrected chi connectivity index (χ4v) is 4.26. The van der Waals surface area contributed by atoms with Crippen LogP contribution in [0.1, 0.15) is 59.4 Å². The van der Waals surface area contributed by atoms with E-state index in [9.17, 15) is 14.3 Å². The van der Waals surface area contributed by atoms with Crippen molar-refractivity contribution in [2.24, 2.45) is 5.41 Å². The zero-order chi connectivity index (χ0) is 20.2. The Morgan fingerprint density at radius 3 is 2.64 bits per heavy atom. The summed E-state index contributed by atoms with van der Waals surface area (Å²) in [6, 6.07) is -0.443. The Morgan fingerprint density at radius 1 is 1.32 bits per heavy atom. The highest BCUT2D eigenvalue weighted by Crippen LogP contribution is 2.45. The maximum absolute atomic E-state index is 14.9. The van der Waals surface area contributed by atoms with Gasteiger partial charge in [0.1, 0.15) is 12.0 Å². The Hall–Kier alpha value is -1.73. The van der Waals surface area contributed by atoms with Gasteiger partial charge in [0.2, 0.25) is 0 Å². The summed E-state index contributed by atoms with van der Waals surface area (Å²) >= 11 is 0. The van der Waals surface area contributed by atoms with E-state index in [1.165, 1.54) is 17.7 Å². The molecule has 1 saturated heterocycles. The van der Waals surface area contributed by atoms with Crippen molar-refractivity contribution in [3.8, 4) is 0 Å². The smallest absolute Gasteiger partial charge is 0.256 e. The van der Waals surface area contributed by atoms with Gasteiger partial charge < -0.3 is 19.6 Å². The van der Waals surface area contributed by atoms with Gasteiger partial charge in [-0.05, 0) is 49.7 Å². The second-order valence-electron chi connectivity index (χ2n) is 8.97. The van der Waals surface area contributed by atoms with E-state index in [-0.39, 0.29) is 30.6 Å². The molecule has 6 nitrogen and oxygen atoms in total. The first-order chi connectivity index (χ1) is 13.3. The molecular formula is C21H30FN3O3. The van der Waals surface area contributed by atoms with Gasteiger partial charge in [0, 0.05) is 13.6 Å². The van der Waals surface area contributed by atoms with Crippen molar-refractivity contribution >= 4 is 11.7 Å². The normalized spacial score (nSPS) is 28.6. The van der Waals surface area contributed by atoms with E-state index in [4.69, 9.17) is 9.72 Å². The predicted octanol–water partition coefficient (Wildman–Crippen LogP) is 2.55. The monoisotopic (exact) mass is 391 g/mol. The second-order valence-corrected chi connectivity index (χ2v) is 8.97. The topological polar surface area (TPSA) is 65.9 Å². The van der Waals surface area contributed by atoms with Crippen LogP contribution in [0, 0.1) is 19.3 Å². The van der Waals surface area contributed by atoms with Crippen LogP contribution < -0.4 is 4.90 Å². The average molecular weight is 391 g/mol. The molecule has 1 aromatic heterocycles. The summed E-state index contributed by atoms with van der Waals surface area (Å²) in [4.78, 5) is 20.8. The van der Waals surface area contributed by atoms with Crippen LogP contribution in [0.3, 0.4) is 0 Å². The molecule has 28 heavy (non-hydrogen) atoms. The number of alkyl halides is 1. The van der Waals surface area contributed by atoms with Gasteiger partial charge in [-0.3, -0.25) is 4.79 Å². The molecule has 1 aromatic rings. The maximum atomic E-state index is 14.9. The molecule has 4 rings (SSSR count). The molecule has 2 aliphatic heterocycles. The van der Waals surface area contributed by atoms with Crippen LogP contribution in [0.4, 0.5) is 10.2 Å². The van der Waals surface area contributed by atoms with Crippen LogP contribution in [0.5, 0.6) is 0 Å². The number of aliphatic hydroxyl groups excluding tert-OH is 1. The number of pyridine rings is 1. The van der Waals surface area contributed by atoms with E-state index in [1.807, 2.05) is 18.7 Å². The van der Waals surface area contributed by atoms with E-state index in [2.05, 4.69) is 6.92 Å². The predicted molar refractivity (Wildman–Crippen MR) is 104 cm³/mol. The van der Waals surface area contributed by atoms with Crippen LogP contribution >= 0.6 is 0 Å². The Kier molecular flexibility index (Phi) is 4.86. The quantitative estimate of drug-likeness (QED) is 0.836. The molecule has 3 aliphatic rings. The molecule has 0 bridgehead atoms. The first-order valence-electron chi connectivity index (χ1n) is 10.2. The highest BCUT2D eigenvalue weighted by molar-refractivity contribution is 6.00. The number of fused-ring (bicyclic) bond motifs is 1. The van der Waals surface area contributed by atoms with Crippen LogP contribution in [-0.2, 0) is 4.74 Å². The number of carbonyl (C=O) groups excluding carboxylic acids is 1. The lowest BCUT2D eigenvalue weighted by Crippen LogP contribution is -2.47. The number of nitrogens with zero attached hydrogens (tertiary/aromatic N) is 3. The van der Waals surface area contributed by atoms with Crippen LogP contribution in [-0.4, -0.2) is 66.5 Å². The lowest BCUT2D eigenvalue weighted by Gasteiger charge is -2.37. The number of hydrogen-bond donors (Lipinski definition) is 1. The summed E-state index contributed by atoms with van der Waals surface area (Å²) in [6.45, 7) is 7.39. The highest BCUT2D eigenvalue weighted by Gasteiger charge is 2.41. The van der Waals surface area contributed by atoms with Gasteiger partial charge in [-0.25, -0.2) is 9.37 Å². The van der Waals surface area contributed by atoms with Gasteiger partial charge in [-0.2, -0.15) is 0 Å². The number of rotatable bonds is 5. The Bertz CT molecular complexity index is 796. The summed E-state index contributed by atoms with van der Waals surface area (Å²) in [5.74, 6) is 0.603. The zero-order valence-electron chi connectivity index (χ0n) is 17.2. The van der Waals surface area contributed by atoms with E-state index in [1.54, 1.807) is 7.05 Å². The molecule has 1 aliphatic carbocycles. The number of hydrogen-bond acceptors (Lipinski definition) is 5. The lowest BCUT2D eigenvalue weighted by molar-refractivity contribution is -0.0302. The number of aliphatic hydroxyl groups is 1. The number of ether oxygens (including phenoxy) is 1. The van der Waals surface area contributed by atoms with E-state index in [0.29, 0.717) is 36.6 Å². The summed E-state index contributed by atoms with van der Waals surface area (Å²) in [5, 5.41) is 9.74. The fraction of sp³-hybridized carbons (Fsp3) is 0.714. The molecule has 1 amide bonds. The second kappa shape index (κ2) is 6.95. The minimum atomic E-state index is -1.07. The van der Waals surface area contributed by atoms with Crippen molar-refractivity contribution in [2.75, 3.05) is 38.3 Å². The first kappa shape index (κ1) is 19.6. The van der Waals surface area contributed by atoms with Gasteiger partial charge in [0.15, 0.2) is 0 Å². The molecule has 0 radical (unpaired) electrons. The van der Waals surface area contributed by atoms with Crippen molar-refractivity contribution in [3.63, 3.8) is 0 Å². The van der Waals surface area contributed by atoms with Crippen LogP contribution in [0.2, 0.25) is 0 Å². The fourth-order valence-electron chi connectivity index (χ4n) is 4.26. The summed E-state index contributed by atoms with van der Waals surface area (Å²) < 4.78 is 20.7. The van der Waals surface area contributed by atoms with Gasteiger partial charge in [0.25, 0.3) is 5.91 Å². The average Bonchev–Trinajstić information content (AvgIpc) is 3.35. The van der Waals surface area contributed by atoms with E-state index < -0.39 is 12.2 Å². The third kappa shape index (κ3) is 3.18. The third-order valence-electron chi connectivity index (χ3n) is 6.78. The summed E-state index contributed by atoms with van der Waals surface area (Å²) in [5.41, 5.74) is 3.20.